The van der Waals surface area contributed by atoms with Gasteiger partial charge in [-0.1, -0.05) is 12.1 Å². The lowest BCUT2D eigenvalue weighted by Gasteiger charge is -2.29. The van der Waals surface area contributed by atoms with E-state index in [1.165, 1.54) is 16.1 Å². The number of carbonyl (C=O) groups is 1. The van der Waals surface area contributed by atoms with Crippen LogP contribution in [0.5, 0.6) is 5.75 Å². The molecule has 0 saturated carbocycles. The Morgan fingerprint density at radius 3 is 2.38 bits per heavy atom. The third kappa shape index (κ3) is 6.61. The first-order valence-corrected chi connectivity index (χ1v) is 11.1. The van der Waals surface area contributed by atoms with Gasteiger partial charge in [0.1, 0.15) is 5.75 Å². The first-order chi connectivity index (χ1) is 12.3. The van der Waals surface area contributed by atoms with Crippen molar-refractivity contribution in [3.8, 4) is 5.75 Å². The summed E-state index contributed by atoms with van der Waals surface area (Å²) in [6.07, 6.45) is 4.34. The zero-order valence-electron chi connectivity index (χ0n) is 15.9. The molecule has 0 unspecified atom stereocenters. The van der Waals surface area contributed by atoms with Gasteiger partial charge < -0.3 is 10.1 Å². The number of amides is 1. The van der Waals surface area contributed by atoms with Gasteiger partial charge in [0, 0.05) is 25.6 Å². The van der Waals surface area contributed by atoms with Gasteiger partial charge in [0.05, 0.1) is 12.4 Å². The molecule has 1 aromatic carbocycles. The maximum absolute atomic E-state index is 12.2. The highest BCUT2D eigenvalue weighted by Crippen LogP contribution is 2.19. The number of sulfonamides is 1. The average molecular weight is 383 g/mol. The Kier molecular flexibility index (Phi) is 7.46. The minimum Gasteiger partial charge on any atom is -0.491 e. The monoisotopic (exact) mass is 382 g/mol. The first-order valence-electron chi connectivity index (χ1n) is 9.24. The molecule has 2 rings (SSSR count). The molecule has 1 aromatic rings. The third-order valence-corrected chi connectivity index (χ3v) is 5.83. The quantitative estimate of drug-likeness (QED) is 0.700. The van der Waals surface area contributed by atoms with Gasteiger partial charge in [0.2, 0.25) is 15.9 Å². The molecular formula is C19H30N2O4S. The van der Waals surface area contributed by atoms with Crippen LogP contribution in [0.15, 0.2) is 24.3 Å². The van der Waals surface area contributed by atoms with E-state index in [1.807, 2.05) is 26.0 Å². The molecule has 1 aliphatic rings. The van der Waals surface area contributed by atoms with Gasteiger partial charge in [0.25, 0.3) is 0 Å². The van der Waals surface area contributed by atoms with Crippen molar-refractivity contribution in [3.05, 3.63) is 29.8 Å². The van der Waals surface area contributed by atoms with Crippen molar-refractivity contribution in [1.82, 2.24) is 9.62 Å². The smallest absolute Gasteiger partial charge is 0.223 e. The van der Waals surface area contributed by atoms with E-state index < -0.39 is 10.0 Å². The van der Waals surface area contributed by atoms with Crippen LogP contribution in [-0.4, -0.2) is 50.6 Å². The summed E-state index contributed by atoms with van der Waals surface area (Å²) in [5, 5.41) is 2.98. The van der Waals surface area contributed by atoms with Crippen LogP contribution in [0.4, 0.5) is 0 Å². The number of aryl methyl sites for hydroxylation is 1. The Bertz CT molecular complexity index is 678. The van der Waals surface area contributed by atoms with E-state index in [4.69, 9.17) is 4.74 Å². The number of hydrogen-bond donors (Lipinski definition) is 1. The molecule has 0 spiro atoms. The van der Waals surface area contributed by atoms with Gasteiger partial charge in [-0.25, -0.2) is 12.7 Å². The number of nitrogens with one attached hydrogen (secondary N) is 1. The molecule has 0 bridgehead atoms. The Morgan fingerprint density at radius 1 is 1.23 bits per heavy atom. The standard InChI is InChI=1S/C19H30N2O4S/c1-15(2)25-18-8-6-16(7-9-18)5-4-12-20-19(22)17-10-13-21(14-11-17)26(3,23)24/h6-9,15,17H,4-5,10-14H2,1-3H3,(H,20,22). The summed E-state index contributed by atoms with van der Waals surface area (Å²) >= 11 is 0. The van der Waals surface area contributed by atoms with Crippen molar-refractivity contribution in [2.24, 2.45) is 5.92 Å². The van der Waals surface area contributed by atoms with Crippen LogP contribution in [0, 0.1) is 5.92 Å². The van der Waals surface area contributed by atoms with Crippen molar-refractivity contribution in [2.75, 3.05) is 25.9 Å². The van der Waals surface area contributed by atoms with Crippen molar-refractivity contribution in [1.29, 1.82) is 0 Å². The second-order valence-corrected chi connectivity index (χ2v) is 9.12. The van der Waals surface area contributed by atoms with E-state index in [0.717, 1.165) is 18.6 Å². The van der Waals surface area contributed by atoms with Gasteiger partial charge in [-0.2, -0.15) is 0 Å². The maximum Gasteiger partial charge on any atom is 0.223 e. The molecule has 0 aromatic heterocycles. The summed E-state index contributed by atoms with van der Waals surface area (Å²) < 4.78 is 30.1. The molecule has 0 aliphatic carbocycles. The second-order valence-electron chi connectivity index (χ2n) is 7.14. The van der Waals surface area contributed by atoms with Crippen molar-refractivity contribution < 1.29 is 17.9 Å². The SMILES string of the molecule is CC(C)Oc1ccc(CCCNC(=O)C2CCN(S(C)(=O)=O)CC2)cc1. The summed E-state index contributed by atoms with van der Waals surface area (Å²) in [6, 6.07) is 8.06. The van der Waals surface area contributed by atoms with Crippen molar-refractivity contribution >= 4 is 15.9 Å². The van der Waals surface area contributed by atoms with E-state index >= 15 is 0 Å². The number of benzene rings is 1. The zero-order valence-corrected chi connectivity index (χ0v) is 16.7. The molecule has 1 N–H and O–H groups in total. The van der Waals surface area contributed by atoms with Crippen LogP contribution >= 0.6 is 0 Å². The number of hydrogen-bond acceptors (Lipinski definition) is 4. The minimum atomic E-state index is -3.14. The Labute approximate surface area is 157 Å². The molecule has 1 saturated heterocycles. The van der Waals surface area contributed by atoms with Crippen LogP contribution in [0.1, 0.15) is 38.7 Å². The molecule has 1 fully saturated rings. The van der Waals surface area contributed by atoms with Crippen LogP contribution < -0.4 is 10.1 Å². The van der Waals surface area contributed by atoms with Crippen LogP contribution in [-0.2, 0) is 21.2 Å². The molecule has 146 valence electrons. The average Bonchev–Trinajstić information content (AvgIpc) is 2.59. The molecule has 1 aliphatic heterocycles. The summed E-state index contributed by atoms with van der Waals surface area (Å²) in [5.41, 5.74) is 1.22. The Balaban J connectivity index is 1.66. The molecule has 26 heavy (non-hydrogen) atoms. The fraction of sp³-hybridized carbons (Fsp3) is 0.632. The molecule has 1 heterocycles. The molecule has 1 amide bonds. The highest BCUT2D eigenvalue weighted by atomic mass is 32.2. The fourth-order valence-electron chi connectivity index (χ4n) is 3.10. The maximum atomic E-state index is 12.2. The highest BCUT2D eigenvalue weighted by molar-refractivity contribution is 7.88. The normalized spacial score (nSPS) is 16.6. The molecule has 0 radical (unpaired) electrons. The zero-order chi connectivity index (χ0) is 19.2. The van der Waals surface area contributed by atoms with E-state index in [2.05, 4.69) is 17.4 Å². The number of piperidine rings is 1. The topological polar surface area (TPSA) is 75.7 Å². The van der Waals surface area contributed by atoms with E-state index in [-0.39, 0.29) is 17.9 Å². The van der Waals surface area contributed by atoms with Gasteiger partial charge in [-0.05, 0) is 57.2 Å². The van der Waals surface area contributed by atoms with Gasteiger partial charge >= 0.3 is 0 Å². The minimum absolute atomic E-state index is 0.0406. The van der Waals surface area contributed by atoms with E-state index in [0.29, 0.717) is 32.5 Å². The predicted octanol–water partition coefficient (Wildman–Crippen LogP) is 2.19. The van der Waals surface area contributed by atoms with Crippen molar-refractivity contribution in [2.45, 2.75) is 45.6 Å². The number of ether oxygens (including phenoxy) is 1. The predicted molar refractivity (Wildman–Crippen MR) is 103 cm³/mol. The molecule has 6 nitrogen and oxygen atoms in total. The number of carbonyl (C=O) groups excluding carboxylic acids is 1. The lowest BCUT2D eigenvalue weighted by Crippen LogP contribution is -2.42. The van der Waals surface area contributed by atoms with Gasteiger partial charge in [-0.15, -0.1) is 0 Å². The number of nitrogens with zero attached hydrogens (tertiary/aromatic N) is 1. The van der Waals surface area contributed by atoms with Crippen LogP contribution in [0.2, 0.25) is 0 Å². The molecule has 0 atom stereocenters. The number of rotatable bonds is 8. The Morgan fingerprint density at radius 2 is 1.85 bits per heavy atom. The third-order valence-electron chi connectivity index (χ3n) is 4.53. The lowest BCUT2D eigenvalue weighted by atomic mass is 9.97. The highest BCUT2D eigenvalue weighted by Gasteiger charge is 2.28. The van der Waals surface area contributed by atoms with Crippen LogP contribution in [0.25, 0.3) is 0 Å². The van der Waals surface area contributed by atoms with Gasteiger partial charge in [-0.3, -0.25) is 4.79 Å². The summed E-state index contributed by atoms with van der Waals surface area (Å²) in [6.45, 7) is 5.50. The Hall–Kier alpha value is -1.60. The first kappa shape index (κ1) is 20.7. The van der Waals surface area contributed by atoms with E-state index in [1.54, 1.807) is 0 Å². The summed E-state index contributed by atoms with van der Waals surface area (Å²) in [7, 11) is -3.14. The second kappa shape index (κ2) is 9.37. The van der Waals surface area contributed by atoms with E-state index in [9.17, 15) is 13.2 Å². The largest absolute Gasteiger partial charge is 0.491 e. The molecular weight excluding hydrogens is 352 g/mol. The summed E-state index contributed by atoms with van der Waals surface area (Å²) in [5.74, 6) is 0.830. The van der Waals surface area contributed by atoms with Gasteiger partial charge in [0.15, 0.2) is 0 Å². The van der Waals surface area contributed by atoms with Crippen LogP contribution in [0.3, 0.4) is 0 Å². The lowest BCUT2D eigenvalue weighted by molar-refractivity contribution is -0.126. The summed E-state index contributed by atoms with van der Waals surface area (Å²) in [4.78, 5) is 12.2. The fourth-order valence-corrected chi connectivity index (χ4v) is 3.98. The van der Waals surface area contributed by atoms with Crippen molar-refractivity contribution in [3.63, 3.8) is 0 Å². The molecule has 7 heteroatoms.